The van der Waals surface area contributed by atoms with Crippen molar-refractivity contribution in [1.82, 2.24) is 20.4 Å². The SMILES string of the molecule is Cc1cc(C(=O)N2CCC3(CCNC3)CC2)c2[nH]ncc2c1.Cl. The summed E-state index contributed by atoms with van der Waals surface area (Å²) in [6, 6.07) is 4.04. The molecule has 2 aromatic rings. The van der Waals surface area contributed by atoms with E-state index in [0.717, 1.165) is 61.1 Å². The molecule has 0 radical (unpaired) electrons. The monoisotopic (exact) mass is 334 g/mol. The van der Waals surface area contributed by atoms with E-state index in [0.29, 0.717) is 5.41 Å². The fourth-order valence-corrected chi connectivity index (χ4v) is 3.95. The van der Waals surface area contributed by atoms with Gasteiger partial charge in [0.25, 0.3) is 5.91 Å². The first kappa shape index (κ1) is 16.3. The largest absolute Gasteiger partial charge is 0.339 e. The molecule has 0 aliphatic carbocycles. The van der Waals surface area contributed by atoms with Crippen molar-refractivity contribution in [2.24, 2.45) is 5.41 Å². The Labute approximate surface area is 142 Å². The number of aromatic amines is 1. The van der Waals surface area contributed by atoms with Crippen LogP contribution in [0, 0.1) is 12.3 Å². The Morgan fingerprint density at radius 2 is 2.04 bits per heavy atom. The Morgan fingerprint density at radius 1 is 1.26 bits per heavy atom. The summed E-state index contributed by atoms with van der Waals surface area (Å²) < 4.78 is 0. The summed E-state index contributed by atoms with van der Waals surface area (Å²) >= 11 is 0. The van der Waals surface area contributed by atoms with Gasteiger partial charge in [0.15, 0.2) is 0 Å². The first-order chi connectivity index (χ1) is 10.7. The van der Waals surface area contributed by atoms with Gasteiger partial charge in [-0.2, -0.15) is 5.10 Å². The molecule has 2 aliphatic heterocycles. The summed E-state index contributed by atoms with van der Waals surface area (Å²) in [4.78, 5) is 14.9. The quantitative estimate of drug-likeness (QED) is 0.842. The highest BCUT2D eigenvalue weighted by Gasteiger charge is 2.38. The van der Waals surface area contributed by atoms with E-state index in [-0.39, 0.29) is 18.3 Å². The lowest BCUT2D eigenvalue weighted by Gasteiger charge is -2.39. The van der Waals surface area contributed by atoms with Crippen molar-refractivity contribution in [1.29, 1.82) is 0 Å². The molecule has 124 valence electrons. The number of benzene rings is 1. The smallest absolute Gasteiger partial charge is 0.256 e. The van der Waals surface area contributed by atoms with Gasteiger partial charge in [-0.15, -0.1) is 12.4 Å². The van der Waals surface area contributed by atoms with E-state index in [2.05, 4.69) is 21.6 Å². The molecule has 2 fully saturated rings. The topological polar surface area (TPSA) is 61.0 Å². The molecule has 23 heavy (non-hydrogen) atoms. The Balaban J connectivity index is 0.00000156. The van der Waals surface area contributed by atoms with Crippen LogP contribution in [0.15, 0.2) is 18.3 Å². The lowest BCUT2D eigenvalue weighted by molar-refractivity contribution is 0.0609. The summed E-state index contributed by atoms with van der Waals surface area (Å²) in [6.07, 6.45) is 5.27. The normalized spacial score (nSPS) is 20.0. The van der Waals surface area contributed by atoms with Gasteiger partial charge >= 0.3 is 0 Å². The minimum Gasteiger partial charge on any atom is -0.339 e. The second-order valence-electron chi connectivity index (χ2n) is 6.87. The summed E-state index contributed by atoms with van der Waals surface area (Å²) in [6.45, 7) is 6.00. The van der Waals surface area contributed by atoms with Gasteiger partial charge in [0.1, 0.15) is 0 Å². The van der Waals surface area contributed by atoms with Gasteiger partial charge in [-0.25, -0.2) is 0 Å². The van der Waals surface area contributed by atoms with Gasteiger partial charge in [0.05, 0.1) is 17.3 Å². The third-order valence-electron chi connectivity index (χ3n) is 5.37. The van der Waals surface area contributed by atoms with E-state index in [4.69, 9.17) is 0 Å². The second kappa shape index (κ2) is 6.13. The van der Waals surface area contributed by atoms with Crippen LogP contribution < -0.4 is 5.32 Å². The number of aryl methyl sites for hydroxylation is 1. The molecule has 2 saturated heterocycles. The summed E-state index contributed by atoms with van der Waals surface area (Å²) in [5.74, 6) is 0.138. The Bertz CT molecular complexity index is 710. The molecule has 2 N–H and O–H groups in total. The Hall–Kier alpha value is -1.59. The molecule has 6 heteroatoms. The van der Waals surface area contributed by atoms with Crippen molar-refractivity contribution >= 4 is 29.2 Å². The fourth-order valence-electron chi connectivity index (χ4n) is 3.95. The zero-order valence-electron chi connectivity index (χ0n) is 13.4. The van der Waals surface area contributed by atoms with Gasteiger partial charge in [-0.3, -0.25) is 9.89 Å². The minimum atomic E-state index is 0. The lowest BCUT2D eigenvalue weighted by Crippen LogP contribution is -2.44. The molecular formula is C17H23ClN4O. The predicted molar refractivity (Wildman–Crippen MR) is 93.1 cm³/mol. The van der Waals surface area contributed by atoms with Crippen LogP contribution in [0.5, 0.6) is 0 Å². The van der Waals surface area contributed by atoms with E-state index in [1.54, 1.807) is 6.20 Å². The standard InChI is InChI=1S/C17H22N4O.ClH/c1-12-8-13-10-19-20-15(13)14(9-12)16(22)21-6-3-17(4-7-21)2-5-18-11-17;/h8-10,18H,2-7,11H2,1H3,(H,19,20);1H. The lowest BCUT2D eigenvalue weighted by atomic mass is 9.77. The number of amides is 1. The van der Waals surface area contributed by atoms with Crippen LogP contribution in [-0.4, -0.2) is 47.2 Å². The molecule has 3 heterocycles. The van der Waals surface area contributed by atoms with Gasteiger partial charge < -0.3 is 10.2 Å². The third kappa shape index (κ3) is 2.83. The van der Waals surface area contributed by atoms with Crippen molar-refractivity contribution in [3.8, 4) is 0 Å². The van der Waals surface area contributed by atoms with Crippen molar-refractivity contribution in [2.75, 3.05) is 26.2 Å². The number of nitrogens with one attached hydrogen (secondary N) is 2. The van der Waals surface area contributed by atoms with Crippen LogP contribution in [0.1, 0.15) is 35.2 Å². The Morgan fingerprint density at radius 3 is 2.74 bits per heavy atom. The van der Waals surface area contributed by atoms with Crippen LogP contribution in [-0.2, 0) is 0 Å². The molecule has 0 bridgehead atoms. The molecule has 0 saturated carbocycles. The van der Waals surface area contributed by atoms with Crippen LogP contribution >= 0.6 is 12.4 Å². The first-order valence-corrected chi connectivity index (χ1v) is 8.11. The number of piperidine rings is 1. The molecule has 1 spiro atoms. The van der Waals surface area contributed by atoms with Gasteiger partial charge in [-0.1, -0.05) is 0 Å². The van der Waals surface area contributed by atoms with Crippen molar-refractivity contribution in [3.05, 3.63) is 29.5 Å². The van der Waals surface area contributed by atoms with Crippen molar-refractivity contribution in [2.45, 2.75) is 26.2 Å². The number of carbonyl (C=O) groups excluding carboxylic acids is 1. The van der Waals surface area contributed by atoms with Crippen LogP contribution in [0.25, 0.3) is 10.9 Å². The number of rotatable bonds is 1. The highest BCUT2D eigenvalue weighted by molar-refractivity contribution is 6.05. The average molecular weight is 335 g/mol. The van der Waals surface area contributed by atoms with Crippen molar-refractivity contribution < 1.29 is 4.79 Å². The predicted octanol–water partition coefficient (Wildman–Crippen LogP) is 2.51. The number of H-pyrrole nitrogens is 1. The third-order valence-corrected chi connectivity index (χ3v) is 5.37. The van der Waals surface area contributed by atoms with Crippen LogP contribution in [0.4, 0.5) is 0 Å². The first-order valence-electron chi connectivity index (χ1n) is 8.11. The van der Waals surface area contributed by atoms with Crippen LogP contribution in [0.2, 0.25) is 0 Å². The van der Waals surface area contributed by atoms with Crippen molar-refractivity contribution in [3.63, 3.8) is 0 Å². The number of aromatic nitrogens is 2. The Kier molecular flexibility index (Phi) is 4.34. The molecule has 1 aromatic heterocycles. The maximum absolute atomic E-state index is 12.9. The molecule has 1 aromatic carbocycles. The number of nitrogens with zero attached hydrogens (tertiary/aromatic N) is 2. The summed E-state index contributed by atoms with van der Waals surface area (Å²) in [5, 5.41) is 11.5. The van der Waals surface area contributed by atoms with E-state index >= 15 is 0 Å². The zero-order chi connectivity index (χ0) is 15.2. The highest BCUT2D eigenvalue weighted by Crippen LogP contribution is 2.37. The maximum atomic E-state index is 12.9. The molecule has 4 rings (SSSR count). The molecule has 0 unspecified atom stereocenters. The number of hydrogen-bond donors (Lipinski definition) is 2. The van der Waals surface area contributed by atoms with E-state index in [9.17, 15) is 4.79 Å². The molecule has 1 amide bonds. The highest BCUT2D eigenvalue weighted by atomic mass is 35.5. The molecule has 5 nitrogen and oxygen atoms in total. The molecule has 0 atom stereocenters. The van der Waals surface area contributed by atoms with Gasteiger partial charge in [0, 0.05) is 25.0 Å². The number of carbonyl (C=O) groups is 1. The minimum absolute atomic E-state index is 0. The molecular weight excluding hydrogens is 312 g/mol. The van der Waals surface area contributed by atoms with E-state index in [1.807, 2.05) is 17.9 Å². The number of likely N-dealkylation sites (tertiary alicyclic amines) is 1. The van der Waals surface area contributed by atoms with E-state index < -0.39 is 0 Å². The van der Waals surface area contributed by atoms with Crippen LogP contribution in [0.3, 0.4) is 0 Å². The summed E-state index contributed by atoms with van der Waals surface area (Å²) in [5.41, 5.74) is 3.16. The van der Waals surface area contributed by atoms with Gasteiger partial charge in [0.2, 0.25) is 0 Å². The number of hydrogen-bond acceptors (Lipinski definition) is 3. The van der Waals surface area contributed by atoms with E-state index in [1.165, 1.54) is 6.42 Å². The average Bonchev–Trinajstić information content (AvgIpc) is 3.16. The molecule has 2 aliphatic rings. The van der Waals surface area contributed by atoms with Gasteiger partial charge in [-0.05, 0) is 55.8 Å². The second-order valence-corrected chi connectivity index (χ2v) is 6.87. The number of fused-ring (bicyclic) bond motifs is 1. The zero-order valence-corrected chi connectivity index (χ0v) is 14.2. The summed E-state index contributed by atoms with van der Waals surface area (Å²) in [7, 11) is 0. The maximum Gasteiger partial charge on any atom is 0.256 e. The fraction of sp³-hybridized carbons (Fsp3) is 0.529. The number of halogens is 1.